The summed E-state index contributed by atoms with van der Waals surface area (Å²) in [4.78, 5) is 12.5. The van der Waals surface area contributed by atoms with Crippen LogP contribution in [-0.2, 0) is 13.0 Å². The fraction of sp³-hybridized carbons (Fsp3) is 0.333. The topological polar surface area (TPSA) is 76.7 Å². The normalized spacial score (nSPS) is 10.9. The average Bonchev–Trinajstić information content (AvgIpc) is 2.74. The molecule has 5 nitrogen and oxygen atoms in total. The van der Waals surface area contributed by atoms with Gasteiger partial charge in [-0.25, -0.2) is 9.89 Å². The van der Waals surface area contributed by atoms with E-state index in [0.717, 1.165) is 10.5 Å². The first-order valence-electron chi connectivity index (χ1n) is 5.97. The van der Waals surface area contributed by atoms with Gasteiger partial charge >= 0.3 is 5.69 Å². The van der Waals surface area contributed by atoms with E-state index in [2.05, 4.69) is 10.2 Å². The van der Waals surface area contributed by atoms with Crippen LogP contribution in [0.15, 0.2) is 33.0 Å². The third-order valence-corrected chi connectivity index (χ3v) is 4.16. The van der Waals surface area contributed by atoms with Crippen molar-refractivity contribution in [3.63, 3.8) is 0 Å². The summed E-state index contributed by atoms with van der Waals surface area (Å²) in [7, 11) is 0. The molecule has 0 amide bonds. The molecule has 2 rings (SSSR count). The first-order valence-corrected chi connectivity index (χ1v) is 7.17. The fourth-order valence-electron chi connectivity index (χ4n) is 1.78. The molecule has 0 aliphatic heterocycles. The van der Waals surface area contributed by atoms with Crippen LogP contribution < -0.4 is 11.4 Å². The van der Waals surface area contributed by atoms with Crippen molar-refractivity contribution >= 4 is 23.4 Å². The molecule has 0 aliphatic rings. The van der Waals surface area contributed by atoms with Gasteiger partial charge in [-0.05, 0) is 49.3 Å². The third-order valence-electron chi connectivity index (χ3n) is 2.71. The highest BCUT2D eigenvalue weighted by Gasteiger charge is 2.12. The van der Waals surface area contributed by atoms with Gasteiger partial charge in [-0.3, -0.25) is 4.57 Å². The number of hydrogen-bond acceptors (Lipinski definition) is 4. The Morgan fingerprint density at radius 3 is 3.00 bits per heavy atom. The Morgan fingerprint density at radius 1 is 1.53 bits per heavy atom. The molecule has 19 heavy (non-hydrogen) atoms. The molecule has 1 aromatic heterocycles. The maximum Gasteiger partial charge on any atom is 0.343 e. The van der Waals surface area contributed by atoms with E-state index in [9.17, 15) is 4.79 Å². The molecule has 0 saturated heterocycles. The van der Waals surface area contributed by atoms with Crippen molar-refractivity contribution in [1.29, 1.82) is 0 Å². The van der Waals surface area contributed by atoms with Crippen LogP contribution in [0.1, 0.15) is 12.5 Å². The quantitative estimate of drug-likeness (QED) is 0.884. The summed E-state index contributed by atoms with van der Waals surface area (Å²) in [6.07, 6.45) is 0.697. The van der Waals surface area contributed by atoms with E-state index in [0.29, 0.717) is 29.7 Å². The molecule has 0 aliphatic carbocycles. The molecule has 1 aromatic carbocycles. The Balaban J connectivity index is 2.37. The first kappa shape index (κ1) is 14.2. The molecule has 0 atom stereocenters. The zero-order valence-corrected chi connectivity index (χ0v) is 12.1. The van der Waals surface area contributed by atoms with Gasteiger partial charge in [0.2, 0.25) is 0 Å². The molecule has 0 spiro atoms. The van der Waals surface area contributed by atoms with Crippen molar-refractivity contribution in [1.82, 2.24) is 14.8 Å². The van der Waals surface area contributed by atoms with Gasteiger partial charge in [0.25, 0.3) is 0 Å². The zero-order valence-electron chi connectivity index (χ0n) is 10.5. The van der Waals surface area contributed by atoms with Crippen LogP contribution >= 0.6 is 23.4 Å². The molecule has 1 heterocycles. The van der Waals surface area contributed by atoms with Crippen molar-refractivity contribution in [3.05, 3.63) is 39.3 Å². The number of aromatic nitrogens is 3. The van der Waals surface area contributed by atoms with Crippen molar-refractivity contribution in [3.8, 4) is 0 Å². The van der Waals surface area contributed by atoms with Crippen LogP contribution in [0.25, 0.3) is 0 Å². The minimum Gasteiger partial charge on any atom is -0.330 e. The summed E-state index contributed by atoms with van der Waals surface area (Å²) in [5.41, 5.74) is 6.40. The number of hydrogen-bond donors (Lipinski definition) is 2. The Hall–Kier alpha value is -1.24. The maximum absolute atomic E-state index is 11.5. The predicted octanol–water partition coefficient (Wildman–Crippen LogP) is 1.90. The number of nitrogens with one attached hydrogen (secondary N) is 1. The lowest BCUT2D eigenvalue weighted by molar-refractivity contribution is 0.660. The van der Waals surface area contributed by atoms with Crippen molar-refractivity contribution < 1.29 is 0 Å². The first-order chi connectivity index (χ1) is 9.17. The van der Waals surface area contributed by atoms with Gasteiger partial charge in [0.05, 0.1) is 0 Å². The highest BCUT2D eigenvalue weighted by molar-refractivity contribution is 7.99. The number of nitrogens with zero attached hydrogens (tertiary/aromatic N) is 2. The highest BCUT2D eigenvalue weighted by atomic mass is 35.5. The average molecular weight is 299 g/mol. The Bertz CT molecular complexity index is 622. The zero-order chi connectivity index (χ0) is 13.8. The van der Waals surface area contributed by atoms with E-state index in [1.165, 1.54) is 11.8 Å². The maximum atomic E-state index is 11.5. The Labute approximate surface area is 120 Å². The molecular weight excluding hydrogens is 284 g/mol. The summed E-state index contributed by atoms with van der Waals surface area (Å²) in [5.74, 6) is 0. The van der Waals surface area contributed by atoms with E-state index >= 15 is 0 Å². The van der Waals surface area contributed by atoms with E-state index < -0.39 is 0 Å². The molecule has 2 aromatic rings. The second-order valence-corrected chi connectivity index (χ2v) is 5.33. The number of benzene rings is 1. The smallest absolute Gasteiger partial charge is 0.330 e. The Morgan fingerprint density at radius 2 is 2.32 bits per heavy atom. The molecule has 0 bridgehead atoms. The van der Waals surface area contributed by atoms with E-state index in [-0.39, 0.29) is 5.69 Å². The molecule has 0 saturated carbocycles. The second-order valence-electron chi connectivity index (χ2n) is 3.91. The molecular formula is C12H15ClN4OS. The van der Waals surface area contributed by atoms with Gasteiger partial charge in [0.1, 0.15) is 0 Å². The molecule has 3 N–H and O–H groups in total. The van der Waals surface area contributed by atoms with Crippen molar-refractivity contribution in [2.24, 2.45) is 5.73 Å². The van der Waals surface area contributed by atoms with Crippen molar-refractivity contribution in [2.75, 3.05) is 6.54 Å². The SMILES string of the molecule is CCn1c(Sc2cccc(Cl)c2CCN)n[nH]c1=O. The number of rotatable bonds is 5. The van der Waals surface area contributed by atoms with Gasteiger partial charge < -0.3 is 5.73 Å². The number of aromatic amines is 1. The lowest BCUT2D eigenvalue weighted by Crippen LogP contribution is -2.16. The molecule has 7 heteroatoms. The largest absolute Gasteiger partial charge is 0.343 e. The highest BCUT2D eigenvalue weighted by Crippen LogP contribution is 2.32. The number of halogens is 1. The second kappa shape index (κ2) is 6.27. The van der Waals surface area contributed by atoms with Gasteiger partial charge in [0.15, 0.2) is 5.16 Å². The third kappa shape index (κ3) is 3.02. The van der Waals surface area contributed by atoms with Crippen LogP contribution in [0.4, 0.5) is 0 Å². The minimum absolute atomic E-state index is 0.201. The van der Waals surface area contributed by atoms with E-state index in [4.69, 9.17) is 17.3 Å². The lowest BCUT2D eigenvalue weighted by Gasteiger charge is -2.09. The van der Waals surface area contributed by atoms with Gasteiger partial charge in [0, 0.05) is 16.5 Å². The summed E-state index contributed by atoms with van der Waals surface area (Å²) in [6, 6.07) is 5.68. The number of nitrogens with two attached hydrogens (primary N) is 1. The van der Waals surface area contributed by atoms with E-state index in [1.807, 2.05) is 25.1 Å². The lowest BCUT2D eigenvalue weighted by atomic mass is 10.1. The molecule has 0 fully saturated rings. The van der Waals surface area contributed by atoms with Crippen LogP contribution in [-0.4, -0.2) is 21.3 Å². The van der Waals surface area contributed by atoms with Gasteiger partial charge in [-0.1, -0.05) is 17.7 Å². The summed E-state index contributed by atoms with van der Waals surface area (Å²) in [5, 5.41) is 7.80. The summed E-state index contributed by atoms with van der Waals surface area (Å²) >= 11 is 7.61. The van der Waals surface area contributed by atoms with Crippen molar-refractivity contribution in [2.45, 2.75) is 29.9 Å². The number of H-pyrrole nitrogens is 1. The van der Waals surface area contributed by atoms with E-state index in [1.54, 1.807) is 4.57 Å². The van der Waals surface area contributed by atoms with Gasteiger partial charge in [-0.2, -0.15) is 0 Å². The predicted molar refractivity (Wildman–Crippen MR) is 76.9 cm³/mol. The monoisotopic (exact) mass is 298 g/mol. The van der Waals surface area contributed by atoms with Crippen LogP contribution in [0.5, 0.6) is 0 Å². The molecule has 0 radical (unpaired) electrons. The van der Waals surface area contributed by atoms with Gasteiger partial charge in [-0.15, -0.1) is 5.10 Å². The molecule has 0 unspecified atom stereocenters. The van der Waals surface area contributed by atoms with Crippen LogP contribution in [0, 0.1) is 0 Å². The minimum atomic E-state index is -0.201. The standard InChI is InChI=1S/C12H15ClN4OS/c1-2-17-11(18)15-16-12(17)19-10-5-3-4-9(13)8(10)6-7-14/h3-5H,2,6-7,14H2,1H3,(H,15,18). The summed E-state index contributed by atoms with van der Waals surface area (Å²) < 4.78 is 1.58. The fourth-order valence-corrected chi connectivity index (χ4v) is 3.20. The van der Waals surface area contributed by atoms with Crippen LogP contribution in [0.2, 0.25) is 5.02 Å². The summed E-state index contributed by atoms with van der Waals surface area (Å²) in [6.45, 7) is 3.00. The molecule has 102 valence electrons. The van der Waals surface area contributed by atoms with Crippen LogP contribution in [0.3, 0.4) is 0 Å². The Kier molecular flexibility index (Phi) is 4.68.